The van der Waals surface area contributed by atoms with Crippen molar-refractivity contribution in [1.82, 2.24) is 0 Å². The Labute approximate surface area is 146 Å². The number of halogens is 1. The van der Waals surface area contributed by atoms with Gasteiger partial charge in [-0.15, -0.1) is 0 Å². The summed E-state index contributed by atoms with van der Waals surface area (Å²) in [7, 11) is 0. The maximum absolute atomic E-state index is 12.2. The number of ketones is 1. The van der Waals surface area contributed by atoms with Crippen LogP contribution >= 0.6 is 11.6 Å². The average molecular weight is 341 g/mol. The van der Waals surface area contributed by atoms with Crippen LogP contribution in [0.3, 0.4) is 0 Å². The van der Waals surface area contributed by atoms with Crippen LogP contribution in [0.15, 0.2) is 54.6 Å². The summed E-state index contributed by atoms with van der Waals surface area (Å²) in [4.78, 5) is 24.1. The van der Waals surface area contributed by atoms with Gasteiger partial charge in [0.2, 0.25) is 5.91 Å². The molecule has 0 aliphatic heterocycles. The van der Waals surface area contributed by atoms with Crippen molar-refractivity contribution in [3.05, 3.63) is 65.2 Å². The highest BCUT2D eigenvalue weighted by Gasteiger charge is 2.19. The Morgan fingerprint density at radius 3 is 2.33 bits per heavy atom. The molecule has 0 fully saturated rings. The average Bonchev–Trinajstić information content (AvgIpc) is 2.58. The predicted molar refractivity (Wildman–Crippen MR) is 93.7 cm³/mol. The molecule has 2 aromatic rings. The van der Waals surface area contributed by atoms with E-state index in [1.807, 2.05) is 12.1 Å². The van der Waals surface area contributed by atoms with E-state index in [4.69, 9.17) is 11.6 Å². The zero-order valence-corrected chi connectivity index (χ0v) is 13.8. The molecule has 0 radical (unpaired) electrons. The first-order valence-electron chi connectivity index (χ1n) is 7.63. The summed E-state index contributed by atoms with van der Waals surface area (Å²) < 4.78 is 0. The summed E-state index contributed by atoms with van der Waals surface area (Å²) in [5, 5.41) is 12.6. The Bertz CT molecular complexity index is 736. The van der Waals surface area contributed by atoms with Gasteiger partial charge >= 0.3 is 0 Å². The molecule has 0 aromatic heterocycles. The van der Waals surface area contributed by atoms with Gasteiger partial charge in [0, 0.05) is 23.6 Å². The van der Waals surface area contributed by atoms with Crippen LogP contribution in [0, 0.1) is 11.3 Å². The van der Waals surface area contributed by atoms with E-state index in [2.05, 4.69) is 5.32 Å². The van der Waals surface area contributed by atoms with Crippen molar-refractivity contribution < 1.29 is 9.59 Å². The zero-order valence-electron chi connectivity index (χ0n) is 13.0. The standard InChI is InChI=1S/C19H17ClN2O2/c20-15-9-11-16(12-10-15)22-19(24)8-4-7-18(23)17(13-21)14-5-2-1-3-6-14/h1-3,5-6,9-12,17H,4,7-8H2,(H,22,24)/t17-/m1/s1. The maximum Gasteiger partial charge on any atom is 0.224 e. The number of nitrogens with zero attached hydrogens (tertiary/aromatic N) is 1. The Morgan fingerprint density at radius 1 is 1.04 bits per heavy atom. The molecule has 0 aliphatic rings. The number of hydrogen-bond donors (Lipinski definition) is 1. The quantitative estimate of drug-likeness (QED) is 0.815. The second kappa shape index (κ2) is 8.85. The molecule has 0 bridgehead atoms. The Morgan fingerprint density at radius 2 is 1.71 bits per heavy atom. The molecule has 1 amide bonds. The molecule has 2 aromatic carbocycles. The molecular formula is C19H17ClN2O2. The van der Waals surface area contributed by atoms with Gasteiger partial charge in [0.15, 0.2) is 5.78 Å². The van der Waals surface area contributed by atoms with E-state index in [-0.39, 0.29) is 24.5 Å². The first-order valence-corrected chi connectivity index (χ1v) is 8.00. The first kappa shape index (κ1) is 17.7. The molecule has 4 nitrogen and oxygen atoms in total. The van der Waals surface area contributed by atoms with Gasteiger partial charge < -0.3 is 5.32 Å². The van der Waals surface area contributed by atoms with Crippen LogP contribution in [-0.2, 0) is 9.59 Å². The van der Waals surface area contributed by atoms with E-state index in [0.717, 1.165) is 0 Å². The Kier molecular flexibility index (Phi) is 6.53. The Hall–Kier alpha value is -2.64. The molecule has 1 N–H and O–H groups in total. The number of carbonyl (C=O) groups is 2. The summed E-state index contributed by atoms with van der Waals surface area (Å²) in [5.41, 5.74) is 1.35. The van der Waals surface area contributed by atoms with Gasteiger partial charge in [-0.2, -0.15) is 5.26 Å². The Balaban J connectivity index is 1.80. The largest absolute Gasteiger partial charge is 0.326 e. The molecule has 0 unspecified atom stereocenters. The van der Waals surface area contributed by atoms with Crippen molar-refractivity contribution in [1.29, 1.82) is 5.26 Å². The topological polar surface area (TPSA) is 70.0 Å². The summed E-state index contributed by atoms with van der Waals surface area (Å²) in [6.45, 7) is 0. The van der Waals surface area contributed by atoms with E-state index < -0.39 is 5.92 Å². The SMILES string of the molecule is N#C[C@@H](C(=O)CCCC(=O)Nc1ccc(Cl)cc1)c1ccccc1. The minimum Gasteiger partial charge on any atom is -0.326 e. The number of hydrogen-bond acceptors (Lipinski definition) is 3. The fraction of sp³-hybridized carbons (Fsp3) is 0.211. The highest BCUT2D eigenvalue weighted by atomic mass is 35.5. The van der Waals surface area contributed by atoms with Crippen molar-refractivity contribution in [3.8, 4) is 6.07 Å². The third-order valence-electron chi connectivity index (χ3n) is 3.54. The number of carbonyl (C=O) groups excluding carboxylic acids is 2. The van der Waals surface area contributed by atoms with Crippen LogP contribution in [0.25, 0.3) is 0 Å². The molecule has 122 valence electrons. The number of anilines is 1. The van der Waals surface area contributed by atoms with E-state index in [9.17, 15) is 14.9 Å². The van der Waals surface area contributed by atoms with Gasteiger partial charge in [-0.25, -0.2) is 0 Å². The molecule has 2 rings (SSSR count). The number of amides is 1. The second-order valence-electron chi connectivity index (χ2n) is 5.35. The lowest BCUT2D eigenvalue weighted by molar-refractivity contribution is -0.119. The van der Waals surface area contributed by atoms with Crippen molar-refractivity contribution in [3.63, 3.8) is 0 Å². The van der Waals surface area contributed by atoms with Crippen LogP contribution in [-0.4, -0.2) is 11.7 Å². The number of rotatable bonds is 7. The van der Waals surface area contributed by atoms with E-state index in [1.54, 1.807) is 48.5 Å². The first-order chi connectivity index (χ1) is 11.6. The van der Waals surface area contributed by atoms with Crippen molar-refractivity contribution in [2.24, 2.45) is 0 Å². The summed E-state index contributed by atoms with van der Waals surface area (Å²) in [5.74, 6) is -1.10. The van der Waals surface area contributed by atoms with Gasteiger partial charge in [0.1, 0.15) is 5.92 Å². The third kappa shape index (κ3) is 5.22. The lowest BCUT2D eigenvalue weighted by Crippen LogP contribution is -2.14. The van der Waals surface area contributed by atoms with Gasteiger partial charge in [0.25, 0.3) is 0 Å². The molecule has 5 heteroatoms. The highest BCUT2D eigenvalue weighted by molar-refractivity contribution is 6.30. The molecule has 0 saturated carbocycles. The van der Waals surface area contributed by atoms with Crippen LogP contribution in [0.2, 0.25) is 5.02 Å². The molecule has 24 heavy (non-hydrogen) atoms. The van der Waals surface area contributed by atoms with Crippen LogP contribution in [0.1, 0.15) is 30.7 Å². The lowest BCUT2D eigenvalue weighted by atomic mass is 9.93. The number of nitrogens with one attached hydrogen (secondary N) is 1. The zero-order chi connectivity index (χ0) is 17.4. The van der Waals surface area contributed by atoms with Crippen molar-refractivity contribution in [2.45, 2.75) is 25.2 Å². The minimum absolute atomic E-state index is 0.164. The van der Waals surface area contributed by atoms with Crippen molar-refractivity contribution in [2.75, 3.05) is 5.32 Å². The maximum atomic E-state index is 12.2. The van der Waals surface area contributed by atoms with E-state index >= 15 is 0 Å². The molecule has 0 saturated heterocycles. The van der Waals surface area contributed by atoms with Gasteiger partial charge in [-0.1, -0.05) is 41.9 Å². The predicted octanol–water partition coefficient (Wildman–Crippen LogP) is 4.33. The second-order valence-corrected chi connectivity index (χ2v) is 5.78. The summed E-state index contributed by atoms with van der Waals surface area (Å²) >= 11 is 5.78. The normalized spacial score (nSPS) is 11.3. The van der Waals surface area contributed by atoms with Crippen molar-refractivity contribution >= 4 is 29.0 Å². The van der Waals surface area contributed by atoms with Crippen LogP contribution in [0.5, 0.6) is 0 Å². The highest BCUT2D eigenvalue weighted by Crippen LogP contribution is 2.19. The number of benzene rings is 2. The van der Waals surface area contributed by atoms with E-state index in [1.165, 1.54) is 0 Å². The fourth-order valence-corrected chi connectivity index (χ4v) is 2.43. The molecule has 0 spiro atoms. The third-order valence-corrected chi connectivity index (χ3v) is 3.79. The van der Waals surface area contributed by atoms with E-state index in [0.29, 0.717) is 22.7 Å². The lowest BCUT2D eigenvalue weighted by Gasteiger charge is -2.08. The summed E-state index contributed by atoms with van der Waals surface area (Å²) in [6, 6.07) is 17.8. The van der Waals surface area contributed by atoms with Crippen LogP contribution < -0.4 is 5.32 Å². The summed E-state index contributed by atoms with van der Waals surface area (Å²) in [6.07, 6.45) is 0.825. The molecular weight excluding hydrogens is 324 g/mol. The minimum atomic E-state index is -0.773. The monoisotopic (exact) mass is 340 g/mol. The van der Waals surface area contributed by atoms with Gasteiger partial charge in [-0.05, 0) is 36.2 Å². The molecule has 0 heterocycles. The molecule has 0 aliphatic carbocycles. The van der Waals surface area contributed by atoms with Gasteiger partial charge in [0.05, 0.1) is 6.07 Å². The van der Waals surface area contributed by atoms with Gasteiger partial charge in [-0.3, -0.25) is 9.59 Å². The molecule has 1 atom stereocenters. The number of Topliss-reactive ketones (excluding diaryl/α,β-unsaturated/α-hetero) is 1. The smallest absolute Gasteiger partial charge is 0.224 e. The van der Waals surface area contributed by atoms with Crippen LogP contribution in [0.4, 0.5) is 5.69 Å². The fourth-order valence-electron chi connectivity index (χ4n) is 2.30. The number of nitriles is 1.